The van der Waals surface area contributed by atoms with E-state index in [0.29, 0.717) is 16.9 Å². The van der Waals surface area contributed by atoms with Crippen molar-refractivity contribution < 1.29 is 23.8 Å². The summed E-state index contributed by atoms with van der Waals surface area (Å²) in [4.78, 5) is 24.1. The minimum absolute atomic E-state index is 0.162. The lowest BCUT2D eigenvalue weighted by Gasteiger charge is -2.25. The van der Waals surface area contributed by atoms with E-state index in [1.807, 2.05) is 11.5 Å². The molecule has 25 heavy (non-hydrogen) atoms. The molecule has 1 heterocycles. The van der Waals surface area contributed by atoms with Gasteiger partial charge >= 0.3 is 5.97 Å². The van der Waals surface area contributed by atoms with Crippen molar-refractivity contribution in [3.8, 4) is 5.69 Å². The lowest BCUT2D eigenvalue weighted by molar-refractivity contribution is -0.145. The number of nitrogens with zero attached hydrogens (tertiary/aromatic N) is 1. The third-order valence-electron chi connectivity index (χ3n) is 4.06. The molecule has 0 aliphatic heterocycles. The molecule has 1 aromatic heterocycles. The molecule has 0 saturated heterocycles. The molecule has 0 bridgehead atoms. The zero-order chi connectivity index (χ0) is 18.8. The van der Waals surface area contributed by atoms with E-state index < -0.39 is 17.4 Å². The molecule has 1 unspecified atom stereocenters. The number of carboxylic acids is 1. The van der Waals surface area contributed by atoms with Crippen LogP contribution in [0.2, 0.25) is 0 Å². The van der Waals surface area contributed by atoms with Crippen LogP contribution in [-0.4, -0.2) is 40.8 Å². The summed E-state index contributed by atoms with van der Waals surface area (Å²) in [6.45, 7) is 4.79. The van der Waals surface area contributed by atoms with Crippen LogP contribution in [0.15, 0.2) is 30.3 Å². The maximum absolute atomic E-state index is 13.1. The number of halogens is 1. The van der Waals surface area contributed by atoms with Crippen LogP contribution in [0, 0.1) is 19.7 Å². The van der Waals surface area contributed by atoms with E-state index in [4.69, 9.17) is 4.74 Å². The number of carboxylic acid groups (broad SMARTS) is 1. The lowest BCUT2D eigenvalue weighted by Crippen LogP contribution is -2.55. The first kappa shape index (κ1) is 18.7. The maximum atomic E-state index is 13.1. The number of ether oxygens (including phenoxy) is 1. The van der Waals surface area contributed by atoms with Crippen LogP contribution in [0.3, 0.4) is 0 Å². The van der Waals surface area contributed by atoms with Crippen molar-refractivity contribution >= 4 is 11.9 Å². The highest BCUT2D eigenvalue weighted by Gasteiger charge is 2.36. The molecule has 2 aromatic rings. The van der Waals surface area contributed by atoms with E-state index in [2.05, 4.69) is 5.32 Å². The van der Waals surface area contributed by atoms with Gasteiger partial charge in [-0.2, -0.15) is 0 Å². The molecule has 1 atom stereocenters. The number of nitrogens with one attached hydrogen (secondary N) is 1. The fourth-order valence-electron chi connectivity index (χ4n) is 2.74. The average Bonchev–Trinajstić information content (AvgIpc) is 2.83. The Morgan fingerprint density at radius 2 is 1.88 bits per heavy atom. The van der Waals surface area contributed by atoms with Crippen LogP contribution >= 0.6 is 0 Å². The van der Waals surface area contributed by atoms with Gasteiger partial charge in [-0.25, -0.2) is 9.18 Å². The second kappa shape index (κ2) is 7.06. The van der Waals surface area contributed by atoms with E-state index in [1.165, 1.54) is 26.2 Å². The number of rotatable bonds is 6. The summed E-state index contributed by atoms with van der Waals surface area (Å²) >= 11 is 0. The summed E-state index contributed by atoms with van der Waals surface area (Å²) < 4.78 is 19.8. The normalized spacial score (nSPS) is 13.3. The van der Waals surface area contributed by atoms with Crippen molar-refractivity contribution in [2.45, 2.75) is 26.3 Å². The molecule has 1 amide bonds. The number of aryl methyl sites for hydroxylation is 1. The minimum Gasteiger partial charge on any atom is -0.479 e. The Kier molecular flexibility index (Phi) is 5.27. The molecule has 0 fully saturated rings. The predicted molar refractivity (Wildman–Crippen MR) is 90.6 cm³/mol. The molecule has 2 rings (SSSR count). The molecular formula is C18H21FN2O4. The number of benzene rings is 1. The fourth-order valence-corrected chi connectivity index (χ4v) is 2.74. The topological polar surface area (TPSA) is 80.6 Å². The van der Waals surface area contributed by atoms with Crippen LogP contribution in [0.25, 0.3) is 5.69 Å². The van der Waals surface area contributed by atoms with Gasteiger partial charge in [0.1, 0.15) is 5.82 Å². The van der Waals surface area contributed by atoms with E-state index in [-0.39, 0.29) is 12.4 Å². The van der Waals surface area contributed by atoms with E-state index in [1.54, 1.807) is 25.1 Å². The highest BCUT2D eigenvalue weighted by molar-refractivity contribution is 5.99. The van der Waals surface area contributed by atoms with Crippen molar-refractivity contribution in [2.24, 2.45) is 0 Å². The number of aromatic nitrogens is 1. The van der Waals surface area contributed by atoms with Gasteiger partial charge in [-0.1, -0.05) is 0 Å². The number of aliphatic carboxylic acids is 1. The first-order valence-electron chi connectivity index (χ1n) is 7.69. The molecular weight excluding hydrogens is 327 g/mol. The Morgan fingerprint density at radius 3 is 2.40 bits per heavy atom. The van der Waals surface area contributed by atoms with E-state index in [0.717, 1.165) is 5.69 Å². The fraction of sp³-hybridized carbons (Fsp3) is 0.333. The monoisotopic (exact) mass is 348 g/mol. The molecule has 0 spiro atoms. The van der Waals surface area contributed by atoms with Gasteiger partial charge in [0.05, 0.1) is 12.2 Å². The molecule has 0 saturated carbocycles. The van der Waals surface area contributed by atoms with Gasteiger partial charge in [-0.3, -0.25) is 4.79 Å². The summed E-state index contributed by atoms with van der Waals surface area (Å²) in [7, 11) is 1.37. The number of hydrogen-bond donors (Lipinski definition) is 2. The second-order valence-electron chi connectivity index (χ2n) is 6.12. The zero-order valence-corrected chi connectivity index (χ0v) is 14.6. The standard InChI is InChI=1S/C18H21FN2O4/c1-11-9-15(16(22)20-18(3,10-25-4)17(23)24)12(2)21(11)14-7-5-13(19)6-8-14/h5-9H,10H2,1-4H3,(H,20,22)(H,23,24). The average molecular weight is 348 g/mol. The largest absolute Gasteiger partial charge is 0.479 e. The van der Waals surface area contributed by atoms with E-state index >= 15 is 0 Å². The molecule has 6 nitrogen and oxygen atoms in total. The van der Waals surface area contributed by atoms with Gasteiger partial charge in [0, 0.05) is 24.2 Å². The highest BCUT2D eigenvalue weighted by Crippen LogP contribution is 2.22. The van der Waals surface area contributed by atoms with Crippen LogP contribution in [0.1, 0.15) is 28.7 Å². The molecule has 0 aliphatic carbocycles. The Labute approximate surface area is 145 Å². The van der Waals surface area contributed by atoms with Crippen LogP contribution in [0.4, 0.5) is 4.39 Å². The minimum atomic E-state index is -1.54. The summed E-state index contributed by atoms with van der Waals surface area (Å²) in [6, 6.07) is 7.58. The van der Waals surface area contributed by atoms with Gasteiger partial charge < -0.3 is 19.7 Å². The highest BCUT2D eigenvalue weighted by atomic mass is 19.1. The van der Waals surface area contributed by atoms with Crippen LogP contribution in [-0.2, 0) is 9.53 Å². The number of carbonyl (C=O) groups is 2. The maximum Gasteiger partial charge on any atom is 0.331 e. The Bertz CT molecular complexity index is 798. The molecule has 7 heteroatoms. The van der Waals surface area contributed by atoms with E-state index in [9.17, 15) is 19.1 Å². The quantitative estimate of drug-likeness (QED) is 0.840. The summed E-state index contributed by atoms with van der Waals surface area (Å²) in [5, 5.41) is 11.9. The number of methoxy groups -OCH3 is 1. The van der Waals surface area contributed by atoms with Crippen molar-refractivity contribution in [2.75, 3.05) is 13.7 Å². The van der Waals surface area contributed by atoms with Gasteiger partial charge in [0.15, 0.2) is 5.54 Å². The predicted octanol–water partition coefficient (Wildman–Crippen LogP) is 2.45. The lowest BCUT2D eigenvalue weighted by atomic mass is 10.0. The number of amides is 1. The number of hydrogen-bond acceptors (Lipinski definition) is 3. The van der Waals surface area contributed by atoms with Crippen molar-refractivity contribution in [3.63, 3.8) is 0 Å². The molecule has 2 N–H and O–H groups in total. The summed E-state index contributed by atoms with van der Waals surface area (Å²) in [5.74, 6) is -2.04. The van der Waals surface area contributed by atoms with Gasteiger partial charge in [-0.15, -0.1) is 0 Å². The third kappa shape index (κ3) is 3.71. The van der Waals surface area contributed by atoms with Crippen molar-refractivity contribution in [3.05, 3.63) is 53.1 Å². The third-order valence-corrected chi connectivity index (χ3v) is 4.06. The van der Waals surface area contributed by atoms with Gasteiger partial charge in [0.25, 0.3) is 5.91 Å². The first-order valence-corrected chi connectivity index (χ1v) is 7.69. The van der Waals surface area contributed by atoms with Gasteiger partial charge in [0.2, 0.25) is 0 Å². The molecule has 134 valence electrons. The second-order valence-corrected chi connectivity index (χ2v) is 6.12. The number of carbonyl (C=O) groups excluding carboxylic acids is 1. The summed E-state index contributed by atoms with van der Waals surface area (Å²) in [5.41, 5.74) is 0.938. The van der Waals surface area contributed by atoms with Crippen molar-refractivity contribution in [1.82, 2.24) is 9.88 Å². The smallest absolute Gasteiger partial charge is 0.331 e. The SMILES string of the molecule is COCC(C)(NC(=O)c1cc(C)n(-c2ccc(F)cc2)c1C)C(=O)O. The van der Waals surface area contributed by atoms with Crippen LogP contribution in [0.5, 0.6) is 0 Å². The molecule has 1 aromatic carbocycles. The Morgan fingerprint density at radius 1 is 1.28 bits per heavy atom. The van der Waals surface area contributed by atoms with Crippen LogP contribution < -0.4 is 5.32 Å². The molecule has 0 aliphatic rings. The van der Waals surface area contributed by atoms with Gasteiger partial charge in [-0.05, 0) is 51.1 Å². The Hall–Kier alpha value is -2.67. The first-order chi connectivity index (χ1) is 11.7. The molecule has 0 radical (unpaired) electrons. The van der Waals surface area contributed by atoms with Crippen molar-refractivity contribution in [1.29, 1.82) is 0 Å². The Balaban J connectivity index is 2.37. The zero-order valence-electron chi connectivity index (χ0n) is 14.6. The summed E-state index contributed by atoms with van der Waals surface area (Å²) in [6.07, 6.45) is 0.